The van der Waals surface area contributed by atoms with Gasteiger partial charge in [-0.05, 0) is 30.4 Å². The average Bonchev–Trinajstić information content (AvgIpc) is 3.13. The highest BCUT2D eigenvalue weighted by atomic mass is 16.5. The van der Waals surface area contributed by atoms with Crippen molar-refractivity contribution < 1.29 is 4.74 Å². The first-order chi connectivity index (χ1) is 12.8. The predicted molar refractivity (Wildman–Crippen MR) is 103 cm³/mol. The molecule has 0 atom stereocenters. The Hall–Kier alpha value is -1.69. The van der Waals surface area contributed by atoms with Crippen LogP contribution >= 0.6 is 0 Å². The lowest BCUT2D eigenvalue weighted by Gasteiger charge is -2.40. The van der Waals surface area contributed by atoms with Crippen molar-refractivity contribution in [2.45, 2.75) is 44.9 Å². The maximum Gasteiger partial charge on any atom is 0.122 e. The predicted octanol–water partition coefficient (Wildman–Crippen LogP) is 2.55. The van der Waals surface area contributed by atoms with Gasteiger partial charge in [0.05, 0.1) is 13.2 Å². The van der Waals surface area contributed by atoms with Crippen molar-refractivity contribution in [2.24, 2.45) is 0 Å². The summed E-state index contributed by atoms with van der Waals surface area (Å²) in [6.07, 6.45) is 7.70. The van der Waals surface area contributed by atoms with E-state index in [0.29, 0.717) is 0 Å². The van der Waals surface area contributed by atoms with Crippen LogP contribution in [0.15, 0.2) is 36.7 Å². The van der Waals surface area contributed by atoms with Crippen LogP contribution in [0.1, 0.15) is 29.8 Å². The Morgan fingerprint density at radius 3 is 2.73 bits per heavy atom. The summed E-state index contributed by atoms with van der Waals surface area (Å²) in [5.41, 5.74) is 3.07. The lowest BCUT2D eigenvalue weighted by atomic mass is 9.95. The first-order valence-corrected chi connectivity index (χ1v) is 9.85. The number of benzene rings is 1. The van der Waals surface area contributed by atoms with Gasteiger partial charge in [-0.2, -0.15) is 0 Å². The first-order valence-electron chi connectivity index (χ1n) is 9.85. The third kappa shape index (κ3) is 4.00. The Morgan fingerprint density at radius 1 is 1.12 bits per heavy atom. The van der Waals surface area contributed by atoms with Crippen LogP contribution in [0.4, 0.5) is 0 Å². The topological polar surface area (TPSA) is 33.5 Å². The minimum absolute atomic E-state index is 0.729. The lowest BCUT2D eigenvalue weighted by Crippen LogP contribution is -2.46. The van der Waals surface area contributed by atoms with Crippen molar-refractivity contribution in [2.75, 3.05) is 33.4 Å². The van der Waals surface area contributed by atoms with Gasteiger partial charge < -0.3 is 9.30 Å². The molecule has 1 saturated heterocycles. The van der Waals surface area contributed by atoms with Gasteiger partial charge in [-0.3, -0.25) is 9.80 Å². The summed E-state index contributed by atoms with van der Waals surface area (Å²) in [7, 11) is 1.75. The van der Waals surface area contributed by atoms with E-state index in [1.165, 1.54) is 44.5 Å². The van der Waals surface area contributed by atoms with Gasteiger partial charge in [-0.15, -0.1) is 0 Å². The molecule has 1 aromatic carbocycles. The molecule has 0 unspecified atom stereocenters. The zero-order chi connectivity index (χ0) is 17.8. The molecule has 4 rings (SSSR count). The number of aromatic nitrogens is 2. The molecule has 5 nitrogen and oxygen atoms in total. The zero-order valence-electron chi connectivity index (χ0n) is 15.8. The number of hydrogen-bond donors (Lipinski definition) is 0. The van der Waals surface area contributed by atoms with Gasteiger partial charge in [0.15, 0.2) is 0 Å². The molecule has 1 fully saturated rings. The fraction of sp³-hybridized carbons (Fsp3) is 0.571. The summed E-state index contributed by atoms with van der Waals surface area (Å²) in [5, 5.41) is 0. The quantitative estimate of drug-likeness (QED) is 0.798. The Balaban J connectivity index is 1.29. The molecule has 2 aliphatic heterocycles. The molecule has 0 radical (unpaired) electrons. The second-order valence-electron chi connectivity index (χ2n) is 7.53. The second-order valence-corrected chi connectivity index (χ2v) is 7.53. The summed E-state index contributed by atoms with van der Waals surface area (Å²) in [4.78, 5) is 9.82. The molecule has 0 aliphatic carbocycles. The smallest absolute Gasteiger partial charge is 0.122 e. The van der Waals surface area contributed by atoms with E-state index < -0.39 is 0 Å². The van der Waals surface area contributed by atoms with Gasteiger partial charge in [-0.1, -0.05) is 24.3 Å². The van der Waals surface area contributed by atoms with E-state index in [1.54, 1.807) is 12.7 Å². The van der Waals surface area contributed by atoms with Crippen molar-refractivity contribution in [1.29, 1.82) is 0 Å². The largest absolute Gasteiger partial charge is 0.383 e. The first kappa shape index (κ1) is 17.7. The maximum atomic E-state index is 5.20. The van der Waals surface area contributed by atoms with Gasteiger partial charge in [0.25, 0.3) is 0 Å². The molecule has 2 aliphatic rings. The minimum Gasteiger partial charge on any atom is -0.383 e. The average molecular weight is 354 g/mol. The molecule has 140 valence electrons. The van der Waals surface area contributed by atoms with Crippen molar-refractivity contribution in [3.63, 3.8) is 0 Å². The third-order valence-corrected chi connectivity index (χ3v) is 5.94. The van der Waals surface area contributed by atoms with Crippen molar-refractivity contribution in [3.05, 3.63) is 53.6 Å². The summed E-state index contributed by atoms with van der Waals surface area (Å²) in [5.74, 6) is 1.16. The highest BCUT2D eigenvalue weighted by Crippen LogP contribution is 2.25. The molecule has 0 saturated carbocycles. The van der Waals surface area contributed by atoms with Crippen molar-refractivity contribution in [1.82, 2.24) is 19.4 Å². The Bertz CT molecular complexity index is 706. The second kappa shape index (κ2) is 8.33. The van der Waals surface area contributed by atoms with Crippen LogP contribution in [0.25, 0.3) is 0 Å². The number of rotatable bonds is 6. The van der Waals surface area contributed by atoms with E-state index in [0.717, 1.165) is 38.1 Å². The van der Waals surface area contributed by atoms with Crippen molar-refractivity contribution >= 4 is 0 Å². The number of ether oxygens (including phenoxy) is 1. The molecule has 3 heterocycles. The van der Waals surface area contributed by atoms with E-state index in [4.69, 9.17) is 4.74 Å². The van der Waals surface area contributed by atoms with E-state index in [-0.39, 0.29) is 0 Å². The molecule has 0 amide bonds. The molecule has 0 N–H and O–H groups in total. The fourth-order valence-electron chi connectivity index (χ4n) is 4.36. The minimum atomic E-state index is 0.729. The van der Waals surface area contributed by atoms with Gasteiger partial charge in [0.2, 0.25) is 0 Å². The van der Waals surface area contributed by atoms with E-state index >= 15 is 0 Å². The molecule has 0 spiro atoms. The number of methoxy groups -OCH3 is 1. The SMILES string of the molecule is COCCn1ccnc1CN1CCC(N2CCc3ccccc3C2)CC1. The number of fused-ring (bicyclic) bond motifs is 1. The summed E-state index contributed by atoms with van der Waals surface area (Å²) in [6, 6.07) is 9.67. The fourth-order valence-corrected chi connectivity index (χ4v) is 4.36. The number of nitrogens with zero attached hydrogens (tertiary/aromatic N) is 4. The normalized spacial score (nSPS) is 19.6. The molecular formula is C21H30N4O. The Labute approximate surface area is 156 Å². The number of likely N-dealkylation sites (tertiary alicyclic amines) is 1. The van der Waals surface area contributed by atoms with Crippen LogP contribution < -0.4 is 0 Å². The highest BCUT2D eigenvalue weighted by Gasteiger charge is 2.27. The third-order valence-electron chi connectivity index (χ3n) is 5.94. The van der Waals surface area contributed by atoms with Crippen LogP contribution in [-0.4, -0.2) is 58.7 Å². The summed E-state index contributed by atoms with van der Waals surface area (Å²) < 4.78 is 7.42. The number of hydrogen-bond acceptors (Lipinski definition) is 4. The standard InChI is InChI=1S/C21H30N4O/c1-26-15-14-24-13-9-22-21(24)17-23-10-7-20(8-11-23)25-12-6-18-4-2-3-5-19(18)16-25/h2-5,9,13,20H,6-8,10-12,14-17H2,1H3. The maximum absolute atomic E-state index is 5.20. The number of imidazole rings is 1. The zero-order valence-corrected chi connectivity index (χ0v) is 15.8. The van der Waals surface area contributed by atoms with Gasteiger partial charge >= 0.3 is 0 Å². The summed E-state index contributed by atoms with van der Waals surface area (Å²) >= 11 is 0. The number of piperidine rings is 1. The monoisotopic (exact) mass is 354 g/mol. The van der Waals surface area contributed by atoms with Crippen LogP contribution in [0.3, 0.4) is 0 Å². The molecule has 0 bridgehead atoms. The van der Waals surface area contributed by atoms with Crippen LogP contribution in [0.2, 0.25) is 0 Å². The van der Waals surface area contributed by atoms with E-state index in [1.807, 2.05) is 6.20 Å². The lowest BCUT2D eigenvalue weighted by molar-refractivity contribution is 0.0927. The van der Waals surface area contributed by atoms with Gasteiger partial charge in [-0.25, -0.2) is 4.98 Å². The Morgan fingerprint density at radius 2 is 1.92 bits per heavy atom. The molecule has 1 aromatic heterocycles. The molecular weight excluding hydrogens is 324 g/mol. The van der Waals surface area contributed by atoms with Crippen LogP contribution in [0.5, 0.6) is 0 Å². The van der Waals surface area contributed by atoms with E-state index in [9.17, 15) is 0 Å². The van der Waals surface area contributed by atoms with Gasteiger partial charge in [0, 0.05) is 58.3 Å². The highest BCUT2D eigenvalue weighted by molar-refractivity contribution is 5.29. The summed E-state index contributed by atoms with van der Waals surface area (Å²) in [6.45, 7) is 7.24. The van der Waals surface area contributed by atoms with Crippen LogP contribution in [-0.2, 0) is 30.8 Å². The molecule has 2 aromatic rings. The van der Waals surface area contributed by atoms with Crippen LogP contribution in [0, 0.1) is 0 Å². The van der Waals surface area contributed by atoms with Crippen molar-refractivity contribution in [3.8, 4) is 0 Å². The molecule has 26 heavy (non-hydrogen) atoms. The van der Waals surface area contributed by atoms with Gasteiger partial charge in [0.1, 0.15) is 5.82 Å². The Kier molecular flexibility index (Phi) is 5.68. The van der Waals surface area contributed by atoms with E-state index in [2.05, 4.69) is 49.8 Å². The molecule has 5 heteroatoms.